The van der Waals surface area contributed by atoms with Gasteiger partial charge in [-0.25, -0.2) is 0 Å². The summed E-state index contributed by atoms with van der Waals surface area (Å²) in [5, 5.41) is 0. The van der Waals surface area contributed by atoms with Gasteiger partial charge in [0, 0.05) is 0 Å². The summed E-state index contributed by atoms with van der Waals surface area (Å²) >= 11 is 6.81. The zero-order chi connectivity index (χ0) is 17.3. The molecule has 0 atom stereocenters. The Kier molecular flexibility index (Phi) is 4.88. The number of aryl methyl sites for hydroxylation is 3. The molecule has 2 aromatic rings. The van der Waals surface area contributed by atoms with E-state index in [-0.39, 0.29) is 5.91 Å². The molecule has 2 nitrogen and oxygen atoms in total. The lowest BCUT2D eigenvalue weighted by atomic mass is 9.99. The maximum absolute atomic E-state index is 12.8. The Balaban J connectivity index is 1.89. The van der Waals surface area contributed by atoms with E-state index < -0.39 is 0 Å². The lowest BCUT2D eigenvalue weighted by Gasteiger charge is -2.14. The van der Waals surface area contributed by atoms with Crippen LogP contribution < -0.4 is 0 Å². The molecule has 1 fully saturated rings. The Hall–Kier alpha value is -1.91. The van der Waals surface area contributed by atoms with Crippen molar-refractivity contribution in [1.82, 2.24) is 4.90 Å². The van der Waals surface area contributed by atoms with Gasteiger partial charge in [-0.2, -0.15) is 0 Å². The summed E-state index contributed by atoms with van der Waals surface area (Å²) in [5.74, 6) is -0.00627. The van der Waals surface area contributed by atoms with E-state index in [0.29, 0.717) is 15.8 Å². The molecule has 1 saturated heterocycles. The van der Waals surface area contributed by atoms with E-state index in [1.54, 1.807) is 4.90 Å². The fourth-order valence-corrected chi connectivity index (χ4v) is 4.19. The SMILES string of the molecule is Cc1cc(C)c(/C=C2/SC(=S)N(Cc3ccccc3)C2=O)c(C)c1. The van der Waals surface area contributed by atoms with Gasteiger partial charge in [-0.05, 0) is 49.1 Å². The van der Waals surface area contributed by atoms with Gasteiger partial charge in [0.05, 0.1) is 11.4 Å². The molecule has 24 heavy (non-hydrogen) atoms. The van der Waals surface area contributed by atoms with Crippen molar-refractivity contribution in [1.29, 1.82) is 0 Å². The molecule has 0 spiro atoms. The first-order chi connectivity index (χ1) is 11.5. The van der Waals surface area contributed by atoms with Crippen molar-refractivity contribution in [3.63, 3.8) is 0 Å². The molecular weight excluding hydrogens is 334 g/mol. The summed E-state index contributed by atoms with van der Waals surface area (Å²) in [7, 11) is 0. The number of carbonyl (C=O) groups is 1. The second-order valence-corrected chi connectivity index (χ2v) is 7.74. The molecule has 0 unspecified atom stereocenters. The van der Waals surface area contributed by atoms with Crippen LogP contribution in [0.3, 0.4) is 0 Å². The summed E-state index contributed by atoms with van der Waals surface area (Å²) in [6.45, 7) is 6.77. The van der Waals surface area contributed by atoms with E-state index in [4.69, 9.17) is 12.2 Å². The summed E-state index contributed by atoms with van der Waals surface area (Å²) < 4.78 is 0.623. The third-order valence-electron chi connectivity index (χ3n) is 4.07. The number of rotatable bonds is 3. The van der Waals surface area contributed by atoms with Crippen molar-refractivity contribution in [3.8, 4) is 0 Å². The van der Waals surface area contributed by atoms with Crippen molar-refractivity contribution in [2.75, 3.05) is 0 Å². The minimum Gasteiger partial charge on any atom is -0.288 e. The highest BCUT2D eigenvalue weighted by Crippen LogP contribution is 2.34. The second-order valence-electron chi connectivity index (χ2n) is 6.07. The molecule has 2 aromatic carbocycles. The molecular formula is C20H19NOS2. The van der Waals surface area contributed by atoms with Gasteiger partial charge in [-0.1, -0.05) is 72.0 Å². The van der Waals surface area contributed by atoms with Crippen LogP contribution in [0.15, 0.2) is 47.4 Å². The summed E-state index contributed by atoms with van der Waals surface area (Å²) in [6.07, 6.45) is 1.98. The van der Waals surface area contributed by atoms with Gasteiger partial charge in [0.1, 0.15) is 4.32 Å². The van der Waals surface area contributed by atoms with Crippen LogP contribution >= 0.6 is 24.0 Å². The first-order valence-electron chi connectivity index (χ1n) is 7.83. The standard InChI is InChI=1S/C20H19NOS2/c1-13-9-14(2)17(15(3)10-13)11-18-19(22)21(20(23)24-18)12-16-7-5-4-6-8-16/h4-11H,12H2,1-3H3/b18-11+. The predicted octanol–water partition coefficient (Wildman–Crippen LogP) is 5.01. The zero-order valence-electron chi connectivity index (χ0n) is 14.0. The summed E-state index contributed by atoms with van der Waals surface area (Å²) in [6, 6.07) is 14.2. The topological polar surface area (TPSA) is 20.3 Å². The van der Waals surface area contributed by atoms with E-state index >= 15 is 0 Å². The van der Waals surface area contributed by atoms with Crippen LogP contribution in [0.25, 0.3) is 6.08 Å². The number of nitrogens with zero attached hydrogens (tertiary/aromatic N) is 1. The van der Waals surface area contributed by atoms with Gasteiger partial charge in [-0.3, -0.25) is 9.69 Å². The molecule has 0 aromatic heterocycles. The van der Waals surface area contributed by atoms with Crippen LogP contribution in [0.1, 0.15) is 27.8 Å². The normalized spacial score (nSPS) is 16.3. The van der Waals surface area contributed by atoms with Crippen molar-refractivity contribution >= 4 is 40.3 Å². The van der Waals surface area contributed by atoms with Gasteiger partial charge < -0.3 is 0 Å². The third kappa shape index (κ3) is 3.45. The molecule has 1 amide bonds. The average Bonchev–Trinajstić information content (AvgIpc) is 2.79. The quantitative estimate of drug-likeness (QED) is 0.571. The summed E-state index contributed by atoms with van der Waals surface area (Å²) in [5.41, 5.74) is 5.79. The lowest BCUT2D eigenvalue weighted by Crippen LogP contribution is -2.27. The molecule has 122 valence electrons. The smallest absolute Gasteiger partial charge is 0.266 e. The monoisotopic (exact) mass is 353 g/mol. The molecule has 0 radical (unpaired) electrons. The molecule has 0 aliphatic carbocycles. The van der Waals surface area contributed by atoms with Gasteiger partial charge >= 0.3 is 0 Å². The largest absolute Gasteiger partial charge is 0.288 e. The Morgan fingerprint density at radius 1 is 1.08 bits per heavy atom. The molecule has 1 heterocycles. The van der Waals surface area contributed by atoms with Gasteiger partial charge in [0.25, 0.3) is 5.91 Å². The van der Waals surface area contributed by atoms with Crippen LogP contribution in [0.4, 0.5) is 0 Å². The maximum atomic E-state index is 12.8. The number of benzene rings is 2. The molecule has 4 heteroatoms. The lowest BCUT2D eigenvalue weighted by molar-refractivity contribution is -0.122. The fraction of sp³-hybridized carbons (Fsp3) is 0.200. The van der Waals surface area contributed by atoms with Crippen LogP contribution in [-0.2, 0) is 11.3 Å². The van der Waals surface area contributed by atoms with Crippen molar-refractivity contribution < 1.29 is 4.79 Å². The minimum absolute atomic E-state index is 0.00627. The Labute approximate surface area is 152 Å². The number of thiocarbonyl (C=S) groups is 1. The fourth-order valence-electron chi connectivity index (χ4n) is 2.95. The number of hydrogen-bond acceptors (Lipinski definition) is 3. The molecule has 0 bridgehead atoms. The maximum Gasteiger partial charge on any atom is 0.266 e. The molecule has 3 rings (SSSR count). The van der Waals surface area contributed by atoms with Crippen molar-refractivity contribution in [2.24, 2.45) is 0 Å². The number of amides is 1. The van der Waals surface area contributed by atoms with E-state index in [1.807, 2.05) is 36.4 Å². The summed E-state index contributed by atoms with van der Waals surface area (Å²) in [4.78, 5) is 15.1. The average molecular weight is 354 g/mol. The molecule has 1 aliphatic heterocycles. The molecule has 0 saturated carbocycles. The first kappa shape index (κ1) is 16.9. The van der Waals surface area contributed by atoms with E-state index in [9.17, 15) is 4.79 Å². The highest BCUT2D eigenvalue weighted by Gasteiger charge is 2.32. The van der Waals surface area contributed by atoms with Crippen LogP contribution in [0, 0.1) is 20.8 Å². The van der Waals surface area contributed by atoms with Crippen LogP contribution in [-0.4, -0.2) is 15.1 Å². The van der Waals surface area contributed by atoms with E-state index in [2.05, 4.69) is 32.9 Å². The Morgan fingerprint density at radius 3 is 2.33 bits per heavy atom. The molecule has 1 aliphatic rings. The number of carbonyl (C=O) groups excluding carboxylic acids is 1. The molecule has 0 N–H and O–H groups in total. The first-order valence-corrected chi connectivity index (χ1v) is 9.05. The Bertz CT molecular complexity index is 817. The van der Waals surface area contributed by atoms with Gasteiger partial charge in [0.15, 0.2) is 0 Å². The predicted molar refractivity (Wildman–Crippen MR) is 106 cm³/mol. The van der Waals surface area contributed by atoms with Gasteiger partial charge in [0.2, 0.25) is 0 Å². The van der Waals surface area contributed by atoms with Crippen molar-refractivity contribution in [3.05, 3.63) is 75.2 Å². The van der Waals surface area contributed by atoms with E-state index in [1.165, 1.54) is 28.5 Å². The zero-order valence-corrected chi connectivity index (χ0v) is 15.6. The van der Waals surface area contributed by atoms with Crippen molar-refractivity contribution in [2.45, 2.75) is 27.3 Å². The van der Waals surface area contributed by atoms with Gasteiger partial charge in [-0.15, -0.1) is 0 Å². The third-order valence-corrected chi connectivity index (χ3v) is 5.45. The van der Waals surface area contributed by atoms with E-state index in [0.717, 1.165) is 11.1 Å². The number of thioether (sulfide) groups is 1. The van der Waals surface area contributed by atoms with Crippen LogP contribution in [0.2, 0.25) is 0 Å². The highest BCUT2D eigenvalue weighted by molar-refractivity contribution is 8.26. The minimum atomic E-state index is -0.00627. The second kappa shape index (κ2) is 6.91. The Morgan fingerprint density at radius 2 is 1.71 bits per heavy atom. The number of hydrogen-bond donors (Lipinski definition) is 0. The van der Waals surface area contributed by atoms with Crippen LogP contribution in [0.5, 0.6) is 0 Å². The highest BCUT2D eigenvalue weighted by atomic mass is 32.2.